The molecule has 1 aromatic rings. The average molecular weight is 326 g/mol. The lowest BCUT2D eigenvalue weighted by Gasteiger charge is -2.25. The second-order valence-electron chi connectivity index (χ2n) is 5.06. The van der Waals surface area contributed by atoms with E-state index < -0.39 is 17.4 Å². The highest BCUT2D eigenvalue weighted by Crippen LogP contribution is 2.31. The molecule has 126 valence electrons. The van der Waals surface area contributed by atoms with E-state index in [-0.39, 0.29) is 12.8 Å². The standard InChI is InChI=1S/C20H22O4/c1-4-5-10-15-20(18(21)23-2,19(22)24-3)16-11-9-14-17-12-7-6-8-13-17/h4-8,10-14H,1,15-16H2,2-3H3/b10-5-. The SMILES string of the molecule is C=C/C=C\CC(CC=C=Cc1ccccc1)(C(=O)OC)C(=O)OC. The molecule has 0 radical (unpaired) electrons. The molecule has 0 bridgehead atoms. The largest absolute Gasteiger partial charge is 0.468 e. The van der Waals surface area contributed by atoms with Crippen molar-refractivity contribution >= 4 is 18.0 Å². The second-order valence-corrected chi connectivity index (χ2v) is 5.06. The molecule has 1 aromatic carbocycles. The first-order valence-corrected chi connectivity index (χ1v) is 7.51. The van der Waals surface area contributed by atoms with E-state index in [4.69, 9.17) is 9.47 Å². The molecule has 0 aliphatic carbocycles. The Kier molecular flexibility index (Phi) is 8.03. The summed E-state index contributed by atoms with van der Waals surface area (Å²) in [5, 5.41) is 0. The van der Waals surface area contributed by atoms with E-state index in [0.717, 1.165) is 5.56 Å². The number of carbonyl (C=O) groups excluding carboxylic acids is 2. The number of allylic oxidation sites excluding steroid dienone is 4. The summed E-state index contributed by atoms with van der Waals surface area (Å²) in [7, 11) is 2.50. The Bertz CT molecular complexity index is 633. The van der Waals surface area contributed by atoms with Gasteiger partial charge in [-0.25, -0.2) is 0 Å². The average Bonchev–Trinajstić information content (AvgIpc) is 2.63. The molecule has 0 aliphatic heterocycles. The van der Waals surface area contributed by atoms with Crippen LogP contribution in [0.25, 0.3) is 6.08 Å². The van der Waals surface area contributed by atoms with Crippen molar-refractivity contribution in [1.82, 2.24) is 0 Å². The topological polar surface area (TPSA) is 52.6 Å². The Labute approximate surface area is 142 Å². The maximum absolute atomic E-state index is 12.3. The molecular weight excluding hydrogens is 304 g/mol. The molecular formula is C20H22O4. The number of rotatable bonds is 8. The lowest BCUT2D eigenvalue weighted by molar-refractivity contribution is -0.168. The van der Waals surface area contributed by atoms with Crippen LogP contribution in [0.2, 0.25) is 0 Å². The Morgan fingerprint density at radius 1 is 1.12 bits per heavy atom. The van der Waals surface area contributed by atoms with Gasteiger partial charge in [0, 0.05) is 0 Å². The number of methoxy groups -OCH3 is 2. The van der Waals surface area contributed by atoms with Gasteiger partial charge in [-0.3, -0.25) is 9.59 Å². The van der Waals surface area contributed by atoms with Crippen molar-refractivity contribution in [2.75, 3.05) is 14.2 Å². The third-order valence-corrected chi connectivity index (χ3v) is 3.51. The van der Waals surface area contributed by atoms with E-state index in [9.17, 15) is 9.59 Å². The quantitative estimate of drug-likeness (QED) is 0.316. The minimum atomic E-state index is -1.43. The number of benzene rings is 1. The van der Waals surface area contributed by atoms with Crippen molar-refractivity contribution in [2.24, 2.45) is 5.41 Å². The van der Waals surface area contributed by atoms with Crippen LogP contribution in [0.15, 0.2) is 66.9 Å². The molecule has 0 heterocycles. The van der Waals surface area contributed by atoms with Gasteiger partial charge in [-0.1, -0.05) is 55.1 Å². The summed E-state index contributed by atoms with van der Waals surface area (Å²) in [5.41, 5.74) is 2.54. The maximum Gasteiger partial charge on any atom is 0.323 e. The summed E-state index contributed by atoms with van der Waals surface area (Å²) in [4.78, 5) is 24.5. The monoisotopic (exact) mass is 326 g/mol. The Balaban J connectivity index is 3.08. The molecule has 0 spiro atoms. The summed E-state index contributed by atoms with van der Waals surface area (Å²) >= 11 is 0. The summed E-state index contributed by atoms with van der Waals surface area (Å²) in [5.74, 6) is -1.28. The Morgan fingerprint density at radius 2 is 1.75 bits per heavy atom. The molecule has 24 heavy (non-hydrogen) atoms. The first-order valence-electron chi connectivity index (χ1n) is 7.51. The molecule has 1 rings (SSSR count). The van der Waals surface area contributed by atoms with Crippen LogP contribution in [0.5, 0.6) is 0 Å². The van der Waals surface area contributed by atoms with Gasteiger partial charge < -0.3 is 9.47 Å². The van der Waals surface area contributed by atoms with Crippen molar-refractivity contribution in [3.05, 3.63) is 72.5 Å². The minimum Gasteiger partial charge on any atom is -0.468 e. The minimum absolute atomic E-state index is 0.122. The van der Waals surface area contributed by atoms with Crippen LogP contribution >= 0.6 is 0 Å². The van der Waals surface area contributed by atoms with E-state index in [1.54, 1.807) is 30.4 Å². The van der Waals surface area contributed by atoms with E-state index in [1.165, 1.54) is 14.2 Å². The number of hydrogen-bond donors (Lipinski definition) is 0. The fraction of sp³-hybridized carbons (Fsp3) is 0.250. The number of esters is 2. The normalized spacial score (nSPS) is 10.6. The van der Waals surface area contributed by atoms with Crippen LogP contribution in [-0.2, 0) is 19.1 Å². The van der Waals surface area contributed by atoms with Crippen molar-refractivity contribution in [1.29, 1.82) is 0 Å². The van der Waals surface area contributed by atoms with Gasteiger partial charge >= 0.3 is 11.9 Å². The lowest BCUT2D eigenvalue weighted by atomic mass is 9.80. The van der Waals surface area contributed by atoms with Crippen LogP contribution in [-0.4, -0.2) is 26.2 Å². The molecule has 0 aliphatic rings. The van der Waals surface area contributed by atoms with Gasteiger partial charge in [-0.2, -0.15) is 0 Å². The highest BCUT2D eigenvalue weighted by atomic mass is 16.5. The van der Waals surface area contributed by atoms with E-state index >= 15 is 0 Å². The second kappa shape index (κ2) is 10.0. The van der Waals surface area contributed by atoms with Gasteiger partial charge in [0.2, 0.25) is 0 Å². The van der Waals surface area contributed by atoms with Crippen molar-refractivity contribution in [3.8, 4) is 0 Å². The summed E-state index contributed by atoms with van der Waals surface area (Å²) in [6.45, 7) is 3.57. The number of hydrogen-bond acceptors (Lipinski definition) is 4. The molecule has 0 aromatic heterocycles. The molecule has 0 unspecified atom stereocenters. The van der Waals surface area contributed by atoms with E-state index in [2.05, 4.69) is 12.3 Å². The molecule has 0 N–H and O–H groups in total. The fourth-order valence-corrected chi connectivity index (χ4v) is 2.19. The zero-order valence-corrected chi connectivity index (χ0v) is 14.0. The van der Waals surface area contributed by atoms with Crippen LogP contribution < -0.4 is 0 Å². The molecule has 0 fully saturated rings. The number of ether oxygens (including phenoxy) is 2. The summed E-state index contributed by atoms with van der Waals surface area (Å²) < 4.78 is 9.65. The zero-order chi connectivity index (χ0) is 17.8. The molecule has 4 heteroatoms. The molecule has 0 amide bonds. The van der Waals surface area contributed by atoms with Gasteiger partial charge in [0.1, 0.15) is 0 Å². The molecule has 4 nitrogen and oxygen atoms in total. The predicted octanol–water partition coefficient (Wildman–Crippen LogP) is 3.71. The lowest BCUT2D eigenvalue weighted by Crippen LogP contribution is -2.40. The Hall–Kier alpha value is -2.84. The van der Waals surface area contributed by atoms with Crippen molar-refractivity contribution in [3.63, 3.8) is 0 Å². The van der Waals surface area contributed by atoms with E-state index in [0.29, 0.717) is 0 Å². The molecule has 0 atom stereocenters. The van der Waals surface area contributed by atoms with Gasteiger partial charge in [-0.05, 0) is 30.6 Å². The summed E-state index contributed by atoms with van der Waals surface area (Å²) in [6.07, 6.45) is 8.63. The van der Waals surface area contributed by atoms with Crippen LogP contribution in [0.1, 0.15) is 18.4 Å². The van der Waals surface area contributed by atoms with Crippen LogP contribution in [0.4, 0.5) is 0 Å². The zero-order valence-electron chi connectivity index (χ0n) is 14.0. The van der Waals surface area contributed by atoms with Crippen molar-refractivity contribution < 1.29 is 19.1 Å². The maximum atomic E-state index is 12.3. The number of carbonyl (C=O) groups is 2. The van der Waals surface area contributed by atoms with Gasteiger partial charge in [0.15, 0.2) is 5.41 Å². The van der Waals surface area contributed by atoms with E-state index in [1.807, 2.05) is 30.3 Å². The summed E-state index contributed by atoms with van der Waals surface area (Å²) in [6, 6.07) is 9.62. The first kappa shape index (κ1) is 19.2. The van der Waals surface area contributed by atoms with Crippen LogP contribution in [0.3, 0.4) is 0 Å². The van der Waals surface area contributed by atoms with Gasteiger partial charge in [0.05, 0.1) is 14.2 Å². The molecule has 0 saturated carbocycles. The smallest absolute Gasteiger partial charge is 0.323 e. The molecule has 0 saturated heterocycles. The van der Waals surface area contributed by atoms with Crippen molar-refractivity contribution in [2.45, 2.75) is 12.8 Å². The highest BCUT2D eigenvalue weighted by Gasteiger charge is 2.46. The van der Waals surface area contributed by atoms with Gasteiger partial charge in [-0.15, -0.1) is 5.73 Å². The first-order chi connectivity index (χ1) is 11.6. The van der Waals surface area contributed by atoms with Crippen LogP contribution in [0, 0.1) is 5.41 Å². The third-order valence-electron chi connectivity index (χ3n) is 3.51. The highest BCUT2D eigenvalue weighted by molar-refractivity contribution is 6.00. The fourth-order valence-electron chi connectivity index (χ4n) is 2.19. The third kappa shape index (κ3) is 5.11. The predicted molar refractivity (Wildman–Crippen MR) is 94.0 cm³/mol. The Morgan fingerprint density at radius 3 is 2.29 bits per heavy atom. The van der Waals surface area contributed by atoms with Gasteiger partial charge in [0.25, 0.3) is 0 Å².